The van der Waals surface area contributed by atoms with E-state index in [1.54, 1.807) is 12.3 Å². The maximum absolute atomic E-state index is 13.4. The molecule has 106 valence electrons. The van der Waals surface area contributed by atoms with Crippen LogP contribution in [0.1, 0.15) is 35.8 Å². The minimum atomic E-state index is -0.780. The molecule has 2 aromatic rings. The number of anilines is 1. The minimum absolute atomic E-state index is 0.0125. The highest BCUT2D eigenvalue weighted by Crippen LogP contribution is 2.21. The van der Waals surface area contributed by atoms with Crippen LogP contribution in [-0.4, -0.2) is 15.7 Å². The summed E-state index contributed by atoms with van der Waals surface area (Å²) in [5.74, 6) is -1.40. The Balaban J connectivity index is 2.17. The van der Waals surface area contributed by atoms with Crippen LogP contribution in [0.15, 0.2) is 30.6 Å². The maximum Gasteiger partial charge on any atom is 0.251 e. The van der Waals surface area contributed by atoms with Crippen molar-refractivity contribution in [3.63, 3.8) is 0 Å². The fourth-order valence-corrected chi connectivity index (χ4v) is 1.91. The van der Waals surface area contributed by atoms with Crippen LogP contribution < -0.4 is 11.1 Å². The van der Waals surface area contributed by atoms with Gasteiger partial charge in [-0.25, -0.2) is 4.39 Å². The molecule has 1 unspecified atom stereocenters. The number of amides is 1. The van der Waals surface area contributed by atoms with Crippen LogP contribution in [-0.2, 0) is 6.54 Å². The van der Waals surface area contributed by atoms with E-state index in [-0.39, 0.29) is 11.6 Å². The summed E-state index contributed by atoms with van der Waals surface area (Å²) in [7, 11) is 0. The monoisotopic (exact) mass is 276 g/mol. The van der Waals surface area contributed by atoms with E-state index < -0.39 is 11.7 Å². The van der Waals surface area contributed by atoms with E-state index in [2.05, 4.69) is 10.4 Å². The molecule has 5 nitrogen and oxygen atoms in total. The van der Waals surface area contributed by atoms with Crippen molar-refractivity contribution in [2.24, 2.45) is 5.73 Å². The third-order valence-corrected chi connectivity index (χ3v) is 3.09. The number of aryl methyl sites for hydroxylation is 1. The molecule has 1 atom stereocenters. The molecule has 0 saturated carbocycles. The Kier molecular flexibility index (Phi) is 4.02. The Labute approximate surface area is 116 Å². The van der Waals surface area contributed by atoms with E-state index in [4.69, 9.17) is 5.73 Å². The fraction of sp³-hybridized carbons (Fsp3) is 0.286. The lowest BCUT2D eigenvalue weighted by molar-refractivity contribution is 0.0996. The smallest absolute Gasteiger partial charge is 0.251 e. The van der Waals surface area contributed by atoms with Gasteiger partial charge in [0.15, 0.2) is 0 Å². The Bertz CT molecular complexity index is 623. The molecular weight excluding hydrogens is 259 g/mol. The first-order valence-corrected chi connectivity index (χ1v) is 6.39. The number of rotatable bonds is 5. The molecule has 0 radical (unpaired) electrons. The van der Waals surface area contributed by atoms with Gasteiger partial charge in [0.2, 0.25) is 0 Å². The normalized spacial score (nSPS) is 12.2. The number of nitrogens with two attached hydrogens (primary N) is 1. The van der Waals surface area contributed by atoms with Gasteiger partial charge in [-0.15, -0.1) is 0 Å². The number of carbonyl (C=O) groups is 1. The molecule has 0 aliphatic carbocycles. The van der Waals surface area contributed by atoms with Crippen molar-refractivity contribution in [3.8, 4) is 0 Å². The third kappa shape index (κ3) is 2.96. The van der Waals surface area contributed by atoms with Gasteiger partial charge in [-0.3, -0.25) is 9.48 Å². The second kappa shape index (κ2) is 5.73. The lowest BCUT2D eigenvalue weighted by Gasteiger charge is -2.14. The van der Waals surface area contributed by atoms with E-state index in [1.807, 2.05) is 24.7 Å². The lowest BCUT2D eigenvalue weighted by Crippen LogP contribution is -2.14. The number of hydrogen-bond acceptors (Lipinski definition) is 3. The quantitative estimate of drug-likeness (QED) is 0.880. The Morgan fingerprint density at radius 2 is 2.30 bits per heavy atom. The average molecular weight is 276 g/mol. The summed E-state index contributed by atoms with van der Waals surface area (Å²) >= 11 is 0. The third-order valence-electron chi connectivity index (χ3n) is 3.09. The zero-order valence-electron chi connectivity index (χ0n) is 11.4. The molecule has 0 spiro atoms. The van der Waals surface area contributed by atoms with Gasteiger partial charge in [-0.05, 0) is 32.0 Å². The van der Waals surface area contributed by atoms with Crippen LogP contribution >= 0.6 is 0 Å². The molecule has 6 heteroatoms. The van der Waals surface area contributed by atoms with E-state index in [9.17, 15) is 9.18 Å². The van der Waals surface area contributed by atoms with Gasteiger partial charge in [0.1, 0.15) is 5.82 Å². The van der Waals surface area contributed by atoms with E-state index in [0.29, 0.717) is 5.69 Å². The zero-order valence-corrected chi connectivity index (χ0v) is 11.4. The molecule has 2 rings (SSSR count). The summed E-state index contributed by atoms with van der Waals surface area (Å²) in [6, 6.07) is 4.20. The zero-order chi connectivity index (χ0) is 14.7. The first-order valence-electron chi connectivity index (χ1n) is 6.39. The molecule has 20 heavy (non-hydrogen) atoms. The molecule has 1 aromatic carbocycles. The summed E-state index contributed by atoms with van der Waals surface area (Å²) < 4.78 is 15.2. The molecule has 0 bridgehead atoms. The summed E-state index contributed by atoms with van der Waals surface area (Å²) in [6.45, 7) is 4.77. The predicted molar refractivity (Wildman–Crippen MR) is 74.9 cm³/mol. The molecule has 1 amide bonds. The second-order valence-corrected chi connectivity index (χ2v) is 4.55. The fourth-order valence-electron chi connectivity index (χ4n) is 1.91. The van der Waals surface area contributed by atoms with Gasteiger partial charge in [-0.2, -0.15) is 5.10 Å². The topological polar surface area (TPSA) is 72.9 Å². The number of nitrogens with zero attached hydrogens (tertiary/aromatic N) is 2. The second-order valence-electron chi connectivity index (χ2n) is 4.55. The number of halogens is 1. The van der Waals surface area contributed by atoms with Crippen LogP contribution in [0.5, 0.6) is 0 Å². The van der Waals surface area contributed by atoms with Gasteiger partial charge in [0.25, 0.3) is 5.91 Å². The lowest BCUT2D eigenvalue weighted by atomic mass is 10.1. The molecular formula is C14H17FN4O. The first-order chi connectivity index (χ1) is 9.51. The summed E-state index contributed by atoms with van der Waals surface area (Å²) in [4.78, 5) is 11.1. The van der Waals surface area contributed by atoms with Crippen molar-refractivity contribution in [1.82, 2.24) is 9.78 Å². The van der Waals surface area contributed by atoms with Crippen molar-refractivity contribution in [3.05, 3.63) is 47.5 Å². The number of hydrogen-bond donors (Lipinski definition) is 2. The van der Waals surface area contributed by atoms with Crippen LogP contribution in [0.3, 0.4) is 0 Å². The average Bonchev–Trinajstić information content (AvgIpc) is 2.89. The van der Waals surface area contributed by atoms with E-state index in [0.717, 1.165) is 12.1 Å². The highest BCUT2D eigenvalue weighted by molar-refractivity contribution is 5.94. The number of primary amides is 1. The van der Waals surface area contributed by atoms with Crippen LogP contribution in [0, 0.1) is 5.82 Å². The highest BCUT2D eigenvalue weighted by atomic mass is 19.1. The Hall–Kier alpha value is -2.37. The Morgan fingerprint density at radius 1 is 1.55 bits per heavy atom. The highest BCUT2D eigenvalue weighted by Gasteiger charge is 2.12. The van der Waals surface area contributed by atoms with Gasteiger partial charge < -0.3 is 11.1 Å². The molecule has 0 aliphatic rings. The van der Waals surface area contributed by atoms with E-state index in [1.165, 1.54) is 12.1 Å². The molecule has 0 fully saturated rings. The summed E-state index contributed by atoms with van der Waals surface area (Å²) in [5.41, 5.74) is 6.65. The van der Waals surface area contributed by atoms with Crippen molar-refractivity contribution < 1.29 is 9.18 Å². The van der Waals surface area contributed by atoms with E-state index >= 15 is 0 Å². The summed E-state index contributed by atoms with van der Waals surface area (Å²) in [6.07, 6.45) is 3.72. The molecule has 3 N–H and O–H groups in total. The standard InChI is InChI=1S/C14H17FN4O/c1-3-19-8-10(7-17-19)9(2)18-11-4-5-13(15)12(6-11)14(16)20/h4-9,18H,3H2,1-2H3,(H2,16,20). The molecule has 1 aromatic heterocycles. The molecule has 0 saturated heterocycles. The minimum Gasteiger partial charge on any atom is -0.378 e. The van der Waals surface area contributed by atoms with Crippen molar-refractivity contribution >= 4 is 11.6 Å². The van der Waals surface area contributed by atoms with Gasteiger partial charge in [0, 0.05) is 24.0 Å². The van der Waals surface area contributed by atoms with Crippen molar-refractivity contribution in [2.75, 3.05) is 5.32 Å². The van der Waals surface area contributed by atoms with Crippen LogP contribution in [0.25, 0.3) is 0 Å². The Morgan fingerprint density at radius 3 is 2.90 bits per heavy atom. The largest absolute Gasteiger partial charge is 0.378 e. The number of carbonyl (C=O) groups excluding carboxylic acids is 1. The van der Waals surface area contributed by atoms with Crippen molar-refractivity contribution in [1.29, 1.82) is 0 Å². The van der Waals surface area contributed by atoms with Gasteiger partial charge >= 0.3 is 0 Å². The summed E-state index contributed by atoms with van der Waals surface area (Å²) in [5, 5.41) is 7.39. The SMILES string of the molecule is CCn1cc(C(C)Nc2ccc(F)c(C(N)=O)c2)cn1. The number of nitrogens with one attached hydrogen (secondary N) is 1. The maximum atomic E-state index is 13.4. The predicted octanol–water partition coefficient (Wildman–Crippen LogP) is 2.31. The van der Waals surface area contributed by atoms with Gasteiger partial charge in [-0.1, -0.05) is 0 Å². The molecule has 0 aliphatic heterocycles. The number of aromatic nitrogens is 2. The van der Waals surface area contributed by atoms with Crippen molar-refractivity contribution in [2.45, 2.75) is 26.4 Å². The van der Waals surface area contributed by atoms with Crippen LogP contribution in [0.4, 0.5) is 10.1 Å². The number of benzene rings is 1. The van der Waals surface area contributed by atoms with Crippen LogP contribution in [0.2, 0.25) is 0 Å². The molecule has 1 heterocycles. The van der Waals surface area contributed by atoms with Gasteiger partial charge in [0.05, 0.1) is 17.8 Å². The first kappa shape index (κ1) is 14.0.